The molecule has 0 atom stereocenters. The van der Waals surface area contributed by atoms with E-state index in [4.69, 9.17) is 11.6 Å². The predicted octanol–water partition coefficient (Wildman–Crippen LogP) is 3.55. The zero-order valence-corrected chi connectivity index (χ0v) is 11.3. The molecule has 1 heterocycles. The summed E-state index contributed by atoms with van der Waals surface area (Å²) in [5.41, 5.74) is 1.34. The minimum atomic E-state index is -0.160. The molecule has 0 N–H and O–H groups in total. The van der Waals surface area contributed by atoms with Gasteiger partial charge in [-0.3, -0.25) is 9.36 Å². The van der Waals surface area contributed by atoms with E-state index in [0.29, 0.717) is 16.5 Å². The summed E-state index contributed by atoms with van der Waals surface area (Å²) in [4.78, 5) is 16.6. The highest BCUT2D eigenvalue weighted by molar-refractivity contribution is 6.32. The van der Waals surface area contributed by atoms with E-state index in [0.717, 1.165) is 5.56 Å². The molecule has 20 heavy (non-hydrogen) atoms. The molecule has 0 fully saturated rings. The summed E-state index contributed by atoms with van der Waals surface area (Å²) < 4.78 is 1.53. The minimum Gasteiger partial charge on any atom is -0.269 e. The number of halogens is 1. The van der Waals surface area contributed by atoms with Crippen molar-refractivity contribution in [2.24, 2.45) is 0 Å². The van der Waals surface area contributed by atoms with Crippen molar-refractivity contribution < 1.29 is 0 Å². The summed E-state index contributed by atoms with van der Waals surface area (Å²) in [7, 11) is 0. The van der Waals surface area contributed by atoms with Gasteiger partial charge in [0.2, 0.25) is 0 Å². The van der Waals surface area contributed by atoms with Crippen LogP contribution in [-0.4, -0.2) is 9.55 Å². The monoisotopic (exact) mass is 282 g/mol. The Labute approximate surface area is 121 Å². The number of aromatic nitrogens is 2. The van der Waals surface area contributed by atoms with E-state index in [1.54, 1.807) is 12.1 Å². The van der Waals surface area contributed by atoms with Crippen LogP contribution >= 0.6 is 11.6 Å². The molecule has 98 valence electrons. The third kappa shape index (κ3) is 2.24. The van der Waals surface area contributed by atoms with Crippen molar-refractivity contribution in [2.75, 3.05) is 0 Å². The molecule has 0 aliphatic heterocycles. The molecule has 2 aromatic carbocycles. The fourth-order valence-electron chi connectivity index (χ4n) is 2.07. The number of nitrogens with zero attached hydrogens (tertiary/aromatic N) is 2. The first-order chi connectivity index (χ1) is 9.77. The molecule has 0 aliphatic carbocycles. The Balaban J connectivity index is 2.32. The number of hydrogen-bond acceptors (Lipinski definition) is 2. The number of para-hydroxylation sites is 1. The van der Waals surface area contributed by atoms with Crippen LogP contribution in [0.4, 0.5) is 0 Å². The van der Waals surface area contributed by atoms with Crippen molar-refractivity contribution in [1.29, 1.82) is 0 Å². The third-order valence-electron chi connectivity index (χ3n) is 2.97. The first-order valence-electron chi connectivity index (χ1n) is 6.16. The van der Waals surface area contributed by atoms with Crippen LogP contribution in [-0.2, 0) is 0 Å². The highest BCUT2D eigenvalue weighted by Gasteiger charge is 2.11. The maximum Gasteiger partial charge on any atom is 0.258 e. The molecule has 0 spiro atoms. The smallest absolute Gasteiger partial charge is 0.258 e. The lowest BCUT2D eigenvalue weighted by Crippen LogP contribution is -2.20. The predicted molar refractivity (Wildman–Crippen MR) is 80.3 cm³/mol. The molecule has 0 saturated heterocycles. The van der Waals surface area contributed by atoms with Crippen molar-refractivity contribution >= 4 is 11.6 Å². The van der Waals surface area contributed by atoms with Crippen LogP contribution in [0.25, 0.3) is 17.1 Å². The lowest BCUT2D eigenvalue weighted by atomic mass is 10.2. The van der Waals surface area contributed by atoms with Gasteiger partial charge in [0.15, 0.2) is 0 Å². The first-order valence-corrected chi connectivity index (χ1v) is 6.53. The fraction of sp³-hybridized carbons (Fsp3) is 0. The average Bonchev–Trinajstić information content (AvgIpc) is 2.49. The van der Waals surface area contributed by atoms with E-state index in [-0.39, 0.29) is 5.56 Å². The van der Waals surface area contributed by atoms with Gasteiger partial charge < -0.3 is 0 Å². The molecule has 0 radical (unpaired) electrons. The molecule has 1 aromatic heterocycles. The Kier molecular flexibility index (Phi) is 3.35. The first kappa shape index (κ1) is 12.6. The average molecular weight is 283 g/mol. The standard InChI is InChI=1S/C16H11ClN2O/c17-13-8-4-5-9-14(13)19-15(20)10-11-18-16(19)12-6-2-1-3-7-12/h1-11H. The van der Waals surface area contributed by atoms with Gasteiger partial charge >= 0.3 is 0 Å². The Bertz CT molecular complexity index is 797. The SMILES string of the molecule is O=c1ccnc(-c2ccccc2)n1-c1ccccc1Cl. The number of rotatable bonds is 2. The summed E-state index contributed by atoms with van der Waals surface area (Å²) >= 11 is 6.20. The number of hydrogen-bond donors (Lipinski definition) is 0. The van der Waals surface area contributed by atoms with E-state index in [1.807, 2.05) is 42.5 Å². The van der Waals surface area contributed by atoms with Gasteiger partial charge in [-0.15, -0.1) is 0 Å². The quantitative estimate of drug-likeness (QED) is 0.720. The van der Waals surface area contributed by atoms with E-state index in [1.165, 1.54) is 16.8 Å². The van der Waals surface area contributed by atoms with E-state index < -0.39 is 0 Å². The van der Waals surface area contributed by atoms with Gasteiger partial charge in [-0.2, -0.15) is 0 Å². The van der Waals surface area contributed by atoms with E-state index in [9.17, 15) is 4.79 Å². The Hall–Kier alpha value is -2.39. The van der Waals surface area contributed by atoms with Crippen molar-refractivity contribution in [3.63, 3.8) is 0 Å². The molecular formula is C16H11ClN2O. The Morgan fingerprint density at radius 1 is 0.900 bits per heavy atom. The van der Waals surface area contributed by atoms with E-state index >= 15 is 0 Å². The maximum absolute atomic E-state index is 12.2. The van der Waals surface area contributed by atoms with Crippen molar-refractivity contribution in [3.05, 3.63) is 82.2 Å². The highest BCUT2D eigenvalue weighted by Crippen LogP contribution is 2.23. The molecule has 3 nitrogen and oxygen atoms in total. The van der Waals surface area contributed by atoms with Gasteiger partial charge in [-0.1, -0.05) is 54.1 Å². The molecule has 0 saturated carbocycles. The Morgan fingerprint density at radius 2 is 1.60 bits per heavy atom. The molecule has 0 aliphatic rings. The van der Waals surface area contributed by atoms with Gasteiger partial charge in [0, 0.05) is 17.8 Å². The van der Waals surface area contributed by atoms with Crippen LogP contribution < -0.4 is 5.56 Å². The molecule has 4 heteroatoms. The lowest BCUT2D eigenvalue weighted by Gasteiger charge is -2.12. The summed E-state index contributed by atoms with van der Waals surface area (Å²) in [5.74, 6) is 0.575. The summed E-state index contributed by atoms with van der Waals surface area (Å²) in [6.45, 7) is 0. The molecule has 0 unspecified atom stereocenters. The summed E-state index contributed by atoms with van der Waals surface area (Å²) in [6.07, 6.45) is 1.51. The van der Waals surface area contributed by atoms with Crippen LogP contribution in [0.1, 0.15) is 0 Å². The summed E-state index contributed by atoms with van der Waals surface area (Å²) in [6, 6.07) is 18.2. The second-order valence-corrected chi connectivity index (χ2v) is 4.67. The molecule has 0 bridgehead atoms. The normalized spacial score (nSPS) is 10.4. The van der Waals surface area contributed by atoms with Crippen LogP contribution in [0.15, 0.2) is 71.7 Å². The zero-order chi connectivity index (χ0) is 13.9. The molecule has 3 rings (SSSR count). The van der Waals surface area contributed by atoms with Gasteiger partial charge in [0.25, 0.3) is 5.56 Å². The molecule has 0 amide bonds. The molecular weight excluding hydrogens is 272 g/mol. The topological polar surface area (TPSA) is 34.9 Å². The third-order valence-corrected chi connectivity index (χ3v) is 3.29. The number of benzene rings is 2. The maximum atomic E-state index is 12.2. The van der Waals surface area contributed by atoms with Crippen molar-refractivity contribution in [2.45, 2.75) is 0 Å². The second-order valence-electron chi connectivity index (χ2n) is 4.26. The van der Waals surface area contributed by atoms with Gasteiger partial charge in [-0.05, 0) is 12.1 Å². The van der Waals surface area contributed by atoms with Crippen molar-refractivity contribution in [3.8, 4) is 17.1 Å². The van der Waals surface area contributed by atoms with Crippen LogP contribution in [0.2, 0.25) is 5.02 Å². The van der Waals surface area contributed by atoms with E-state index in [2.05, 4.69) is 4.98 Å². The van der Waals surface area contributed by atoms with Crippen molar-refractivity contribution in [1.82, 2.24) is 9.55 Å². The lowest BCUT2D eigenvalue weighted by molar-refractivity contribution is 0.949. The van der Waals surface area contributed by atoms with Crippen LogP contribution in [0.5, 0.6) is 0 Å². The fourth-order valence-corrected chi connectivity index (χ4v) is 2.29. The highest BCUT2D eigenvalue weighted by atomic mass is 35.5. The van der Waals surface area contributed by atoms with Crippen LogP contribution in [0, 0.1) is 0 Å². The van der Waals surface area contributed by atoms with Gasteiger partial charge in [0.05, 0.1) is 10.7 Å². The largest absolute Gasteiger partial charge is 0.269 e. The van der Waals surface area contributed by atoms with Gasteiger partial charge in [0.1, 0.15) is 5.82 Å². The Morgan fingerprint density at radius 3 is 2.35 bits per heavy atom. The van der Waals surface area contributed by atoms with Gasteiger partial charge in [-0.25, -0.2) is 4.98 Å². The van der Waals surface area contributed by atoms with Crippen LogP contribution in [0.3, 0.4) is 0 Å². The molecule has 3 aromatic rings. The zero-order valence-electron chi connectivity index (χ0n) is 10.5. The summed E-state index contributed by atoms with van der Waals surface area (Å²) in [5, 5.41) is 0.514. The minimum absolute atomic E-state index is 0.160. The second kappa shape index (κ2) is 5.31.